The second kappa shape index (κ2) is 4.61. The Kier molecular flexibility index (Phi) is 4.00. The predicted octanol–water partition coefficient (Wildman–Crippen LogP) is 1.70. The van der Waals surface area contributed by atoms with Gasteiger partial charge in [-0.25, -0.2) is 0 Å². The fraction of sp³-hybridized carbons (Fsp3) is 1.00. The Morgan fingerprint density at radius 2 is 1.94 bits per heavy atom. The lowest BCUT2D eigenvalue weighted by molar-refractivity contribution is -0.297. The largest absolute Gasteiger partial charge is 0.387 e. The zero-order chi connectivity index (χ0) is 12.6. The van der Waals surface area contributed by atoms with Crippen LogP contribution in [0.5, 0.6) is 0 Å². The number of rotatable bonds is 2. The Hall–Kier alpha value is -0.160. The molecule has 0 radical (unpaired) electrons. The van der Waals surface area contributed by atoms with Gasteiger partial charge in [-0.2, -0.15) is 0 Å². The number of hydrogen-bond acceptors (Lipinski definition) is 4. The maximum Gasteiger partial charge on any atom is 0.161 e. The lowest BCUT2D eigenvalue weighted by atomic mass is 9.88. The molecule has 4 heteroatoms. The summed E-state index contributed by atoms with van der Waals surface area (Å²) in [5.74, 6) is 0. The van der Waals surface area contributed by atoms with Crippen LogP contribution in [0.1, 0.15) is 41.0 Å². The van der Waals surface area contributed by atoms with E-state index in [9.17, 15) is 5.11 Å². The van der Waals surface area contributed by atoms with Crippen molar-refractivity contribution in [2.45, 2.75) is 70.7 Å². The van der Waals surface area contributed by atoms with Crippen LogP contribution in [0.25, 0.3) is 0 Å². The van der Waals surface area contributed by atoms with Crippen molar-refractivity contribution in [2.75, 3.05) is 7.11 Å². The van der Waals surface area contributed by atoms with Gasteiger partial charge in [-0.1, -0.05) is 0 Å². The molecule has 1 heterocycles. The van der Waals surface area contributed by atoms with Crippen molar-refractivity contribution < 1.29 is 19.3 Å². The first-order valence-electron chi connectivity index (χ1n) is 5.74. The van der Waals surface area contributed by atoms with Crippen molar-refractivity contribution in [2.24, 2.45) is 0 Å². The summed E-state index contributed by atoms with van der Waals surface area (Å²) in [5.41, 5.74) is -0.866. The first kappa shape index (κ1) is 13.9. The highest BCUT2D eigenvalue weighted by atomic mass is 16.7. The van der Waals surface area contributed by atoms with Crippen molar-refractivity contribution in [3.05, 3.63) is 0 Å². The third-order valence-corrected chi connectivity index (χ3v) is 2.96. The molecule has 1 fully saturated rings. The van der Waals surface area contributed by atoms with Crippen molar-refractivity contribution >= 4 is 0 Å². The lowest BCUT2D eigenvalue weighted by Crippen LogP contribution is -2.57. The number of methoxy groups -OCH3 is 1. The van der Waals surface area contributed by atoms with Crippen molar-refractivity contribution in [3.63, 3.8) is 0 Å². The molecule has 0 aliphatic carbocycles. The summed E-state index contributed by atoms with van der Waals surface area (Å²) in [7, 11) is 1.61. The Morgan fingerprint density at radius 3 is 2.38 bits per heavy atom. The van der Waals surface area contributed by atoms with Crippen molar-refractivity contribution in [1.29, 1.82) is 0 Å². The molecule has 4 atom stereocenters. The zero-order valence-corrected chi connectivity index (χ0v) is 11.1. The van der Waals surface area contributed by atoms with Crippen LogP contribution in [0.3, 0.4) is 0 Å². The summed E-state index contributed by atoms with van der Waals surface area (Å²) in [6.07, 6.45) is -0.710. The van der Waals surface area contributed by atoms with Crippen LogP contribution < -0.4 is 0 Å². The van der Waals surface area contributed by atoms with Gasteiger partial charge in [0.25, 0.3) is 0 Å². The van der Waals surface area contributed by atoms with E-state index >= 15 is 0 Å². The van der Waals surface area contributed by atoms with Gasteiger partial charge in [0.1, 0.15) is 6.10 Å². The molecular weight excluding hydrogens is 208 g/mol. The quantitative estimate of drug-likeness (QED) is 0.787. The highest BCUT2D eigenvalue weighted by Crippen LogP contribution is 2.33. The summed E-state index contributed by atoms with van der Waals surface area (Å²) >= 11 is 0. The fourth-order valence-electron chi connectivity index (χ4n) is 1.98. The highest BCUT2D eigenvalue weighted by molar-refractivity contribution is 4.92. The molecule has 1 aliphatic heterocycles. The maximum atomic E-state index is 10.0. The Morgan fingerprint density at radius 1 is 1.38 bits per heavy atom. The van der Waals surface area contributed by atoms with Gasteiger partial charge in [0.2, 0.25) is 0 Å². The minimum Gasteiger partial charge on any atom is -0.387 e. The van der Waals surface area contributed by atoms with Crippen LogP contribution in [-0.2, 0) is 14.2 Å². The minimum absolute atomic E-state index is 0.263. The summed E-state index contributed by atoms with van der Waals surface area (Å²) in [4.78, 5) is 0. The molecule has 0 aromatic carbocycles. The van der Waals surface area contributed by atoms with Crippen LogP contribution in [0.2, 0.25) is 0 Å². The molecule has 1 N–H and O–H groups in total. The van der Waals surface area contributed by atoms with E-state index in [0.717, 1.165) is 0 Å². The molecule has 1 aliphatic rings. The average molecular weight is 232 g/mol. The minimum atomic E-state index is -0.627. The van der Waals surface area contributed by atoms with Crippen LogP contribution >= 0.6 is 0 Å². The molecule has 0 aromatic rings. The Labute approximate surface area is 97.9 Å². The van der Waals surface area contributed by atoms with Gasteiger partial charge >= 0.3 is 0 Å². The van der Waals surface area contributed by atoms with Crippen LogP contribution in [-0.4, -0.2) is 41.9 Å². The molecule has 16 heavy (non-hydrogen) atoms. The van der Waals surface area contributed by atoms with Gasteiger partial charge in [0.05, 0.1) is 17.3 Å². The van der Waals surface area contributed by atoms with Crippen molar-refractivity contribution in [3.8, 4) is 0 Å². The third-order valence-electron chi connectivity index (χ3n) is 2.96. The third kappa shape index (κ3) is 3.17. The zero-order valence-electron chi connectivity index (χ0n) is 11.1. The summed E-state index contributed by atoms with van der Waals surface area (Å²) in [5, 5.41) is 10.0. The second-order valence-corrected chi connectivity index (χ2v) is 5.67. The second-order valence-electron chi connectivity index (χ2n) is 5.67. The van der Waals surface area contributed by atoms with Crippen LogP contribution in [0, 0.1) is 0 Å². The molecule has 1 rings (SSSR count). The molecule has 0 spiro atoms. The maximum absolute atomic E-state index is 10.0. The van der Waals surface area contributed by atoms with E-state index in [1.807, 2.05) is 34.6 Å². The van der Waals surface area contributed by atoms with E-state index in [1.54, 1.807) is 7.11 Å². The smallest absolute Gasteiger partial charge is 0.161 e. The van der Waals surface area contributed by atoms with E-state index in [1.165, 1.54) is 0 Å². The molecule has 1 saturated heterocycles. The van der Waals surface area contributed by atoms with E-state index in [0.29, 0.717) is 6.42 Å². The monoisotopic (exact) mass is 232 g/mol. The Bertz CT molecular complexity index is 236. The predicted molar refractivity (Wildman–Crippen MR) is 61.2 cm³/mol. The fourth-order valence-corrected chi connectivity index (χ4v) is 1.98. The molecular formula is C12H24O4. The highest BCUT2D eigenvalue weighted by Gasteiger charge is 2.45. The SMILES string of the molecule is COC1(C)CC(OC(C)(C)C)OC(C)C1O. The molecule has 96 valence electrons. The van der Waals surface area contributed by atoms with E-state index in [2.05, 4.69) is 0 Å². The normalized spacial score (nSPS) is 41.1. The van der Waals surface area contributed by atoms with E-state index < -0.39 is 11.7 Å². The average Bonchev–Trinajstić information content (AvgIpc) is 2.11. The molecule has 4 unspecified atom stereocenters. The molecule has 0 aromatic heterocycles. The molecule has 0 bridgehead atoms. The summed E-state index contributed by atoms with van der Waals surface area (Å²) < 4.78 is 16.8. The van der Waals surface area contributed by atoms with E-state index in [4.69, 9.17) is 14.2 Å². The van der Waals surface area contributed by atoms with Gasteiger partial charge in [-0.15, -0.1) is 0 Å². The van der Waals surface area contributed by atoms with Gasteiger partial charge in [-0.3, -0.25) is 0 Å². The van der Waals surface area contributed by atoms with Crippen LogP contribution in [0.15, 0.2) is 0 Å². The standard InChI is InChI=1S/C12H24O4/c1-8-10(13)12(5,14-6)7-9(15-8)16-11(2,3)4/h8-10,13H,7H2,1-6H3. The number of aliphatic hydroxyl groups excluding tert-OH is 1. The first-order valence-corrected chi connectivity index (χ1v) is 5.74. The summed E-state index contributed by atoms with van der Waals surface area (Å²) in [6, 6.07) is 0. The van der Waals surface area contributed by atoms with Gasteiger partial charge in [0, 0.05) is 13.5 Å². The molecule has 4 nitrogen and oxygen atoms in total. The van der Waals surface area contributed by atoms with Crippen LogP contribution in [0.4, 0.5) is 0 Å². The number of ether oxygens (including phenoxy) is 3. The molecule has 0 amide bonds. The number of aliphatic hydroxyl groups is 1. The van der Waals surface area contributed by atoms with E-state index in [-0.39, 0.29) is 18.0 Å². The number of hydrogen-bond donors (Lipinski definition) is 1. The first-order chi connectivity index (χ1) is 7.18. The Balaban J connectivity index is 2.71. The lowest BCUT2D eigenvalue weighted by Gasteiger charge is -2.45. The topological polar surface area (TPSA) is 47.9 Å². The van der Waals surface area contributed by atoms with Gasteiger partial charge < -0.3 is 19.3 Å². The van der Waals surface area contributed by atoms with Crippen molar-refractivity contribution in [1.82, 2.24) is 0 Å². The molecule has 0 saturated carbocycles. The van der Waals surface area contributed by atoms with Gasteiger partial charge in [0.15, 0.2) is 6.29 Å². The summed E-state index contributed by atoms with van der Waals surface area (Å²) in [6.45, 7) is 9.67. The van der Waals surface area contributed by atoms with Gasteiger partial charge in [-0.05, 0) is 34.6 Å².